The maximum Gasteiger partial charge on any atom is 0.243 e. The number of aromatic nitrogens is 3. The minimum absolute atomic E-state index is 0.606. The summed E-state index contributed by atoms with van der Waals surface area (Å²) in [5.74, 6) is 0.606. The Bertz CT molecular complexity index is 534. The highest BCUT2D eigenvalue weighted by Crippen LogP contribution is 2.09. The van der Waals surface area contributed by atoms with E-state index in [2.05, 4.69) is 65.5 Å². The van der Waals surface area contributed by atoms with Crippen LogP contribution in [0.25, 0.3) is 0 Å². The first-order valence-electron chi connectivity index (χ1n) is 6.74. The SMILES string of the molecule is CCc1nnc(NCc2ccc(C)cc2)nc1CC. The molecule has 1 aromatic heterocycles. The van der Waals surface area contributed by atoms with Gasteiger partial charge in [0.1, 0.15) is 0 Å². The van der Waals surface area contributed by atoms with Crippen molar-refractivity contribution in [1.29, 1.82) is 0 Å². The number of benzene rings is 1. The zero-order valence-electron chi connectivity index (χ0n) is 11.8. The Labute approximate surface area is 114 Å². The van der Waals surface area contributed by atoms with E-state index in [1.807, 2.05) is 0 Å². The molecule has 0 amide bonds. The fraction of sp³-hybridized carbons (Fsp3) is 0.400. The molecule has 0 unspecified atom stereocenters. The molecule has 0 aliphatic rings. The van der Waals surface area contributed by atoms with E-state index in [0.29, 0.717) is 5.95 Å². The minimum Gasteiger partial charge on any atom is -0.349 e. The molecule has 2 rings (SSSR count). The van der Waals surface area contributed by atoms with Crippen LogP contribution in [0.5, 0.6) is 0 Å². The van der Waals surface area contributed by atoms with Gasteiger partial charge in [0.2, 0.25) is 5.95 Å². The molecule has 0 saturated carbocycles. The molecule has 1 heterocycles. The standard InChI is InChI=1S/C15H20N4/c1-4-13-14(5-2)18-19-15(17-13)16-10-12-8-6-11(3)7-9-12/h6-9H,4-5,10H2,1-3H3,(H,16,17,19). The fourth-order valence-electron chi connectivity index (χ4n) is 1.90. The average Bonchev–Trinajstić information content (AvgIpc) is 2.46. The molecule has 19 heavy (non-hydrogen) atoms. The molecule has 0 saturated heterocycles. The van der Waals surface area contributed by atoms with Crippen LogP contribution in [0.3, 0.4) is 0 Å². The summed E-state index contributed by atoms with van der Waals surface area (Å²) in [5.41, 5.74) is 4.50. The summed E-state index contributed by atoms with van der Waals surface area (Å²) in [6.07, 6.45) is 1.76. The van der Waals surface area contributed by atoms with E-state index in [1.54, 1.807) is 0 Å². The third-order valence-corrected chi connectivity index (χ3v) is 3.08. The van der Waals surface area contributed by atoms with E-state index in [1.165, 1.54) is 11.1 Å². The van der Waals surface area contributed by atoms with Crippen LogP contribution in [0, 0.1) is 6.92 Å². The van der Waals surface area contributed by atoms with Crippen LogP contribution in [0.15, 0.2) is 24.3 Å². The third-order valence-electron chi connectivity index (χ3n) is 3.08. The van der Waals surface area contributed by atoms with E-state index in [-0.39, 0.29) is 0 Å². The predicted octanol–water partition coefficient (Wildman–Crippen LogP) is 2.92. The van der Waals surface area contributed by atoms with Crippen LogP contribution in [0.1, 0.15) is 36.4 Å². The summed E-state index contributed by atoms with van der Waals surface area (Å²) in [5, 5.41) is 11.6. The van der Waals surface area contributed by atoms with Crippen molar-refractivity contribution in [3.05, 3.63) is 46.8 Å². The Morgan fingerprint density at radius 3 is 2.26 bits per heavy atom. The lowest BCUT2D eigenvalue weighted by Gasteiger charge is -2.08. The molecule has 0 atom stereocenters. The molecule has 0 bridgehead atoms. The van der Waals surface area contributed by atoms with Gasteiger partial charge in [-0.15, -0.1) is 5.10 Å². The summed E-state index contributed by atoms with van der Waals surface area (Å²) in [7, 11) is 0. The van der Waals surface area contributed by atoms with Gasteiger partial charge in [-0.05, 0) is 25.3 Å². The van der Waals surface area contributed by atoms with Gasteiger partial charge < -0.3 is 5.32 Å². The van der Waals surface area contributed by atoms with Crippen LogP contribution in [0.4, 0.5) is 5.95 Å². The van der Waals surface area contributed by atoms with E-state index >= 15 is 0 Å². The van der Waals surface area contributed by atoms with E-state index < -0.39 is 0 Å². The molecule has 0 radical (unpaired) electrons. The topological polar surface area (TPSA) is 50.7 Å². The number of nitrogens with zero attached hydrogens (tertiary/aromatic N) is 3. The van der Waals surface area contributed by atoms with Crippen molar-refractivity contribution < 1.29 is 0 Å². The molecule has 2 aromatic rings. The van der Waals surface area contributed by atoms with E-state index in [0.717, 1.165) is 30.8 Å². The van der Waals surface area contributed by atoms with E-state index in [9.17, 15) is 0 Å². The number of aryl methyl sites for hydroxylation is 3. The van der Waals surface area contributed by atoms with Crippen molar-refractivity contribution in [2.45, 2.75) is 40.2 Å². The van der Waals surface area contributed by atoms with E-state index in [4.69, 9.17) is 0 Å². The third kappa shape index (κ3) is 3.50. The fourth-order valence-corrected chi connectivity index (χ4v) is 1.90. The second-order valence-electron chi connectivity index (χ2n) is 4.58. The van der Waals surface area contributed by atoms with Crippen LogP contribution in [0.2, 0.25) is 0 Å². The minimum atomic E-state index is 0.606. The van der Waals surface area contributed by atoms with Gasteiger partial charge in [-0.2, -0.15) is 5.10 Å². The number of nitrogens with one attached hydrogen (secondary N) is 1. The number of rotatable bonds is 5. The first-order valence-corrected chi connectivity index (χ1v) is 6.74. The van der Waals surface area contributed by atoms with Gasteiger partial charge in [-0.3, -0.25) is 0 Å². The van der Waals surface area contributed by atoms with Gasteiger partial charge in [0.25, 0.3) is 0 Å². The van der Waals surface area contributed by atoms with Gasteiger partial charge >= 0.3 is 0 Å². The molecule has 100 valence electrons. The van der Waals surface area contributed by atoms with Gasteiger partial charge in [0, 0.05) is 6.54 Å². The first-order chi connectivity index (χ1) is 9.22. The second kappa shape index (κ2) is 6.27. The Kier molecular flexibility index (Phi) is 4.44. The van der Waals surface area contributed by atoms with Crippen molar-refractivity contribution in [3.8, 4) is 0 Å². The largest absolute Gasteiger partial charge is 0.349 e. The summed E-state index contributed by atoms with van der Waals surface area (Å²) in [6.45, 7) is 6.97. The molecular weight excluding hydrogens is 236 g/mol. The highest BCUT2D eigenvalue weighted by molar-refractivity contribution is 5.29. The Morgan fingerprint density at radius 1 is 0.947 bits per heavy atom. The summed E-state index contributed by atoms with van der Waals surface area (Å²) in [4.78, 5) is 4.51. The van der Waals surface area contributed by atoms with Gasteiger partial charge in [0.05, 0.1) is 11.4 Å². The van der Waals surface area contributed by atoms with Gasteiger partial charge in [0.15, 0.2) is 0 Å². The lowest BCUT2D eigenvalue weighted by Crippen LogP contribution is -2.09. The molecule has 0 aliphatic heterocycles. The monoisotopic (exact) mass is 256 g/mol. The van der Waals surface area contributed by atoms with Crippen molar-refractivity contribution in [3.63, 3.8) is 0 Å². The van der Waals surface area contributed by atoms with Gasteiger partial charge in [-0.25, -0.2) is 4.98 Å². The lowest BCUT2D eigenvalue weighted by atomic mass is 10.1. The molecule has 4 heteroatoms. The summed E-state index contributed by atoms with van der Waals surface area (Å²) >= 11 is 0. The number of hydrogen-bond acceptors (Lipinski definition) is 4. The lowest BCUT2D eigenvalue weighted by molar-refractivity contribution is 0.819. The molecule has 4 nitrogen and oxygen atoms in total. The quantitative estimate of drug-likeness (QED) is 0.893. The maximum atomic E-state index is 4.51. The highest BCUT2D eigenvalue weighted by Gasteiger charge is 2.05. The Balaban J connectivity index is 2.05. The zero-order chi connectivity index (χ0) is 13.7. The number of hydrogen-bond donors (Lipinski definition) is 1. The zero-order valence-corrected chi connectivity index (χ0v) is 11.8. The average molecular weight is 256 g/mol. The Morgan fingerprint density at radius 2 is 1.63 bits per heavy atom. The molecule has 0 aliphatic carbocycles. The van der Waals surface area contributed by atoms with Crippen molar-refractivity contribution in [2.75, 3.05) is 5.32 Å². The molecule has 1 N–H and O–H groups in total. The molecule has 1 aromatic carbocycles. The molecule has 0 fully saturated rings. The maximum absolute atomic E-state index is 4.51. The van der Waals surface area contributed by atoms with Crippen LogP contribution in [-0.4, -0.2) is 15.2 Å². The van der Waals surface area contributed by atoms with Crippen molar-refractivity contribution in [1.82, 2.24) is 15.2 Å². The van der Waals surface area contributed by atoms with Crippen molar-refractivity contribution in [2.24, 2.45) is 0 Å². The predicted molar refractivity (Wildman–Crippen MR) is 77.1 cm³/mol. The van der Waals surface area contributed by atoms with Crippen LogP contribution < -0.4 is 5.32 Å². The Hall–Kier alpha value is -1.97. The highest BCUT2D eigenvalue weighted by atomic mass is 15.2. The molecular formula is C15H20N4. The normalized spacial score (nSPS) is 10.5. The first kappa shape index (κ1) is 13.5. The molecule has 0 spiro atoms. The smallest absolute Gasteiger partial charge is 0.243 e. The number of anilines is 1. The van der Waals surface area contributed by atoms with Crippen LogP contribution in [-0.2, 0) is 19.4 Å². The van der Waals surface area contributed by atoms with Gasteiger partial charge in [-0.1, -0.05) is 43.7 Å². The summed E-state index contributed by atoms with van der Waals surface area (Å²) < 4.78 is 0. The van der Waals surface area contributed by atoms with Crippen molar-refractivity contribution >= 4 is 5.95 Å². The summed E-state index contributed by atoms with van der Waals surface area (Å²) in [6, 6.07) is 8.43. The van der Waals surface area contributed by atoms with Crippen LogP contribution >= 0.6 is 0 Å². The second-order valence-corrected chi connectivity index (χ2v) is 4.58.